The molecule has 1 aromatic carbocycles. The molecule has 1 aliphatic carbocycles. The summed E-state index contributed by atoms with van der Waals surface area (Å²) >= 11 is 0. The number of hydrogen-bond acceptors (Lipinski definition) is 2. The Bertz CT molecular complexity index is 452. The highest BCUT2D eigenvalue weighted by molar-refractivity contribution is 5.30. The molecule has 0 aliphatic heterocycles. The van der Waals surface area contributed by atoms with Gasteiger partial charge in [0.25, 0.3) is 0 Å². The molecule has 2 nitrogen and oxygen atoms in total. The largest absolute Gasteiger partial charge is 0.387 e. The van der Waals surface area contributed by atoms with Gasteiger partial charge in [-0.15, -0.1) is 0 Å². The summed E-state index contributed by atoms with van der Waals surface area (Å²) in [6, 6.07) is 2.47. The average molecular weight is 270 g/mol. The molecule has 1 fully saturated rings. The summed E-state index contributed by atoms with van der Waals surface area (Å²) in [7, 11) is 0. The van der Waals surface area contributed by atoms with Crippen molar-refractivity contribution in [3.05, 3.63) is 34.9 Å². The highest BCUT2D eigenvalue weighted by Crippen LogP contribution is 2.39. The first-order valence-corrected chi connectivity index (χ1v) is 6.80. The maximum Gasteiger partial charge on any atom is 0.134 e. The number of aryl methyl sites for hydroxylation is 1. The van der Waals surface area contributed by atoms with E-state index < -0.39 is 28.9 Å². The summed E-state index contributed by atoms with van der Waals surface area (Å²) < 4.78 is 27.8. The molecule has 1 unspecified atom stereocenters. The lowest BCUT2D eigenvalue weighted by Crippen LogP contribution is -2.36. The zero-order valence-electron chi connectivity index (χ0n) is 11.1. The van der Waals surface area contributed by atoms with Crippen molar-refractivity contribution >= 4 is 0 Å². The fraction of sp³-hybridized carbons (Fsp3) is 0.600. The van der Waals surface area contributed by atoms with E-state index in [0.717, 1.165) is 31.7 Å². The second-order valence-electron chi connectivity index (χ2n) is 5.51. The summed E-state index contributed by atoms with van der Waals surface area (Å²) in [6.07, 6.45) is 2.74. The molecule has 0 bridgehead atoms. The highest BCUT2D eigenvalue weighted by Gasteiger charge is 2.39. The van der Waals surface area contributed by atoms with Crippen LogP contribution in [0.4, 0.5) is 8.78 Å². The molecule has 19 heavy (non-hydrogen) atoms. The first-order valence-electron chi connectivity index (χ1n) is 6.80. The van der Waals surface area contributed by atoms with E-state index in [9.17, 15) is 19.0 Å². The van der Waals surface area contributed by atoms with Crippen LogP contribution in [0.5, 0.6) is 0 Å². The molecule has 0 aromatic heterocycles. The number of aliphatic hydroxyl groups is 2. The molecule has 4 heteroatoms. The molecule has 0 heterocycles. The molecule has 0 amide bonds. The molecule has 106 valence electrons. The molecule has 0 saturated heterocycles. The fourth-order valence-corrected chi connectivity index (χ4v) is 2.81. The second-order valence-corrected chi connectivity index (χ2v) is 5.51. The van der Waals surface area contributed by atoms with Gasteiger partial charge in [-0.25, -0.2) is 8.78 Å². The van der Waals surface area contributed by atoms with Crippen molar-refractivity contribution < 1.29 is 19.0 Å². The number of aliphatic hydroxyl groups excluding tert-OH is 1. The van der Waals surface area contributed by atoms with Gasteiger partial charge in [0, 0.05) is 0 Å². The van der Waals surface area contributed by atoms with Crippen LogP contribution in [0.25, 0.3) is 0 Å². The van der Waals surface area contributed by atoms with Crippen LogP contribution in [0.15, 0.2) is 12.1 Å². The van der Waals surface area contributed by atoms with Crippen LogP contribution in [0.2, 0.25) is 0 Å². The van der Waals surface area contributed by atoms with E-state index in [4.69, 9.17) is 0 Å². The van der Waals surface area contributed by atoms with Crippen LogP contribution in [0, 0.1) is 18.6 Å². The molecule has 2 rings (SSSR count). The van der Waals surface area contributed by atoms with Crippen LogP contribution in [0.1, 0.15) is 55.8 Å². The number of rotatable bonds is 2. The van der Waals surface area contributed by atoms with Crippen LogP contribution >= 0.6 is 0 Å². The Labute approximate surface area is 112 Å². The summed E-state index contributed by atoms with van der Waals surface area (Å²) in [4.78, 5) is 0. The van der Waals surface area contributed by atoms with E-state index in [1.165, 1.54) is 13.0 Å². The lowest BCUT2D eigenvalue weighted by Gasteiger charge is -2.32. The zero-order chi connectivity index (χ0) is 14.0. The fourth-order valence-electron chi connectivity index (χ4n) is 2.81. The first kappa shape index (κ1) is 14.4. The molecule has 0 radical (unpaired) electrons. The molecular weight excluding hydrogens is 250 g/mol. The van der Waals surface area contributed by atoms with Gasteiger partial charge in [0.1, 0.15) is 17.7 Å². The third-order valence-electron chi connectivity index (χ3n) is 4.07. The molecular formula is C15H20F2O2. The Balaban J connectivity index is 2.37. The molecule has 0 spiro atoms. The van der Waals surface area contributed by atoms with E-state index in [1.807, 2.05) is 0 Å². The van der Waals surface area contributed by atoms with E-state index in [-0.39, 0.29) is 5.56 Å². The third-order valence-corrected chi connectivity index (χ3v) is 4.07. The maximum atomic E-state index is 14.0. The van der Waals surface area contributed by atoms with E-state index in [2.05, 4.69) is 0 Å². The SMILES string of the molecule is Cc1ccc(F)c(C(O)C2(O)CCCCCC2)c1F. The molecule has 1 aliphatic rings. The number of hydrogen-bond donors (Lipinski definition) is 2. The highest BCUT2D eigenvalue weighted by atomic mass is 19.1. The van der Waals surface area contributed by atoms with Crippen molar-refractivity contribution in [2.45, 2.75) is 57.2 Å². The molecule has 1 aromatic rings. The minimum atomic E-state index is -1.51. The van der Waals surface area contributed by atoms with Gasteiger partial charge in [-0.1, -0.05) is 31.7 Å². The smallest absolute Gasteiger partial charge is 0.134 e. The van der Waals surface area contributed by atoms with Gasteiger partial charge >= 0.3 is 0 Å². The normalized spacial score (nSPS) is 20.9. The van der Waals surface area contributed by atoms with Crippen molar-refractivity contribution in [1.29, 1.82) is 0 Å². The van der Waals surface area contributed by atoms with Crippen LogP contribution in [0.3, 0.4) is 0 Å². The summed E-state index contributed by atoms with van der Waals surface area (Å²) in [6.45, 7) is 1.52. The van der Waals surface area contributed by atoms with Crippen LogP contribution < -0.4 is 0 Å². The number of benzene rings is 1. The Kier molecular flexibility index (Phi) is 4.21. The van der Waals surface area contributed by atoms with Crippen molar-refractivity contribution in [2.24, 2.45) is 0 Å². The maximum absolute atomic E-state index is 14.0. The summed E-state index contributed by atoms with van der Waals surface area (Å²) in [5.74, 6) is -1.56. The lowest BCUT2D eigenvalue weighted by atomic mass is 9.84. The Morgan fingerprint density at radius 1 is 1.11 bits per heavy atom. The first-order chi connectivity index (χ1) is 8.96. The molecule has 2 N–H and O–H groups in total. The van der Waals surface area contributed by atoms with Crippen LogP contribution in [-0.2, 0) is 0 Å². The predicted octanol–water partition coefficient (Wildman–Crippen LogP) is 3.39. The average Bonchev–Trinajstić information content (AvgIpc) is 2.60. The Morgan fingerprint density at radius 3 is 2.26 bits per heavy atom. The van der Waals surface area contributed by atoms with Crippen molar-refractivity contribution in [3.8, 4) is 0 Å². The summed E-state index contributed by atoms with van der Waals surface area (Å²) in [5, 5.41) is 20.8. The minimum absolute atomic E-state index is 0.271. The summed E-state index contributed by atoms with van der Waals surface area (Å²) in [5.41, 5.74) is -1.55. The van der Waals surface area contributed by atoms with Gasteiger partial charge in [-0.3, -0.25) is 0 Å². The molecule has 1 atom stereocenters. The standard InChI is InChI=1S/C15H20F2O2/c1-10-6-7-11(16)12(13(10)17)14(18)15(19)8-4-2-3-5-9-15/h6-7,14,18-19H,2-5,8-9H2,1H3. The van der Waals surface area contributed by atoms with Gasteiger partial charge in [0.15, 0.2) is 0 Å². The predicted molar refractivity (Wildman–Crippen MR) is 68.7 cm³/mol. The van der Waals surface area contributed by atoms with Gasteiger partial charge < -0.3 is 10.2 Å². The van der Waals surface area contributed by atoms with Gasteiger partial charge in [-0.2, -0.15) is 0 Å². The van der Waals surface area contributed by atoms with E-state index >= 15 is 0 Å². The Hall–Kier alpha value is -1.00. The lowest BCUT2D eigenvalue weighted by molar-refractivity contribution is -0.0894. The number of halogens is 2. The minimum Gasteiger partial charge on any atom is -0.387 e. The van der Waals surface area contributed by atoms with Crippen molar-refractivity contribution in [2.75, 3.05) is 0 Å². The van der Waals surface area contributed by atoms with Crippen molar-refractivity contribution in [1.82, 2.24) is 0 Å². The van der Waals surface area contributed by atoms with Gasteiger partial charge in [-0.05, 0) is 31.4 Å². The third kappa shape index (κ3) is 2.79. The second kappa shape index (κ2) is 5.55. The monoisotopic (exact) mass is 270 g/mol. The van der Waals surface area contributed by atoms with Gasteiger partial charge in [0.05, 0.1) is 11.2 Å². The van der Waals surface area contributed by atoms with Gasteiger partial charge in [0.2, 0.25) is 0 Å². The van der Waals surface area contributed by atoms with Crippen LogP contribution in [-0.4, -0.2) is 15.8 Å². The zero-order valence-corrected chi connectivity index (χ0v) is 11.1. The van der Waals surface area contributed by atoms with Crippen molar-refractivity contribution in [3.63, 3.8) is 0 Å². The van der Waals surface area contributed by atoms with E-state index in [1.54, 1.807) is 0 Å². The van der Waals surface area contributed by atoms with E-state index in [0.29, 0.717) is 12.8 Å². The Morgan fingerprint density at radius 2 is 1.68 bits per heavy atom. The topological polar surface area (TPSA) is 40.5 Å². The quantitative estimate of drug-likeness (QED) is 0.809. The molecule has 1 saturated carbocycles.